The molecular weight excluding hydrogens is 480 g/mol. The van der Waals surface area contributed by atoms with Crippen LogP contribution in [0.4, 0.5) is 0 Å². The molecule has 0 aromatic heterocycles. The van der Waals surface area contributed by atoms with Gasteiger partial charge in [0.05, 0.1) is 0 Å². The van der Waals surface area contributed by atoms with Gasteiger partial charge in [0.2, 0.25) is 0 Å². The SMILES string of the molecule is Cc1ccc(C(=O)N(Cc2cccc(C#CC(C)(O)c3ccccc3)c2)C2CCN(CCC(C)C)CC2)cc1. The molecule has 1 aliphatic rings. The topological polar surface area (TPSA) is 43.8 Å². The molecule has 4 nitrogen and oxygen atoms in total. The molecule has 1 unspecified atom stereocenters. The number of amides is 1. The van der Waals surface area contributed by atoms with Gasteiger partial charge in [0.25, 0.3) is 5.91 Å². The molecule has 0 aliphatic carbocycles. The Kier molecular flexibility index (Phi) is 9.62. The lowest BCUT2D eigenvalue weighted by Crippen LogP contribution is -2.47. The van der Waals surface area contributed by atoms with Gasteiger partial charge in [0, 0.05) is 36.8 Å². The molecule has 0 saturated carbocycles. The van der Waals surface area contributed by atoms with Crippen molar-refractivity contribution >= 4 is 5.91 Å². The molecule has 1 heterocycles. The number of aryl methyl sites for hydroxylation is 1. The Labute approximate surface area is 234 Å². The molecule has 1 saturated heterocycles. The molecular formula is C35H42N2O2. The highest BCUT2D eigenvalue weighted by molar-refractivity contribution is 5.94. The van der Waals surface area contributed by atoms with Crippen molar-refractivity contribution < 1.29 is 9.90 Å². The lowest BCUT2D eigenvalue weighted by molar-refractivity contribution is 0.0546. The molecule has 39 heavy (non-hydrogen) atoms. The Morgan fingerprint density at radius 3 is 2.38 bits per heavy atom. The Morgan fingerprint density at radius 2 is 1.72 bits per heavy atom. The predicted octanol–water partition coefficient (Wildman–Crippen LogP) is 6.41. The van der Waals surface area contributed by atoms with Gasteiger partial charge in [0.1, 0.15) is 5.60 Å². The maximum absolute atomic E-state index is 13.8. The molecule has 0 bridgehead atoms. The normalized spacial score (nSPS) is 15.8. The van der Waals surface area contributed by atoms with Gasteiger partial charge in [-0.25, -0.2) is 0 Å². The molecule has 0 radical (unpaired) electrons. The smallest absolute Gasteiger partial charge is 0.254 e. The Balaban J connectivity index is 1.53. The van der Waals surface area contributed by atoms with Gasteiger partial charge in [-0.1, -0.05) is 85.8 Å². The average Bonchev–Trinajstić information content (AvgIpc) is 2.95. The molecule has 1 atom stereocenters. The number of nitrogens with zero attached hydrogens (tertiary/aromatic N) is 2. The van der Waals surface area contributed by atoms with Gasteiger partial charge in [0.15, 0.2) is 0 Å². The van der Waals surface area contributed by atoms with Crippen LogP contribution in [-0.2, 0) is 12.1 Å². The first-order valence-electron chi connectivity index (χ1n) is 14.2. The average molecular weight is 523 g/mol. The highest BCUT2D eigenvalue weighted by Crippen LogP contribution is 2.23. The summed E-state index contributed by atoms with van der Waals surface area (Å²) in [6.07, 6.45) is 3.17. The predicted molar refractivity (Wildman–Crippen MR) is 159 cm³/mol. The summed E-state index contributed by atoms with van der Waals surface area (Å²) in [5.74, 6) is 6.98. The van der Waals surface area contributed by atoms with E-state index >= 15 is 0 Å². The molecule has 4 heteroatoms. The number of carbonyl (C=O) groups excluding carboxylic acids is 1. The second kappa shape index (κ2) is 13.1. The fourth-order valence-corrected chi connectivity index (χ4v) is 5.10. The molecule has 0 spiro atoms. The summed E-state index contributed by atoms with van der Waals surface area (Å²) in [5.41, 5.74) is 3.28. The molecule has 204 valence electrons. The number of rotatable bonds is 8. The third-order valence-electron chi connectivity index (χ3n) is 7.65. The number of likely N-dealkylation sites (tertiary alicyclic amines) is 1. The van der Waals surface area contributed by atoms with E-state index in [4.69, 9.17) is 0 Å². The third-order valence-corrected chi connectivity index (χ3v) is 7.65. The molecule has 1 amide bonds. The first-order chi connectivity index (χ1) is 18.7. The van der Waals surface area contributed by atoms with Crippen LogP contribution in [0.5, 0.6) is 0 Å². The fraction of sp³-hybridized carbons (Fsp3) is 0.400. The minimum atomic E-state index is -1.24. The molecule has 1 aliphatic heterocycles. The highest BCUT2D eigenvalue weighted by Gasteiger charge is 2.29. The van der Waals surface area contributed by atoms with E-state index in [1.54, 1.807) is 6.92 Å². The van der Waals surface area contributed by atoms with Gasteiger partial charge in [-0.05, 0) is 81.0 Å². The molecule has 1 N–H and O–H groups in total. The summed E-state index contributed by atoms with van der Waals surface area (Å²) < 4.78 is 0. The minimum absolute atomic E-state index is 0.0825. The van der Waals surface area contributed by atoms with Crippen LogP contribution >= 0.6 is 0 Å². The first-order valence-corrected chi connectivity index (χ1v) is 14.2. The number of carbonyl (C=O) groups is 1. The van der Waals surface area contributed by atoms with Crippen molar-refractivity contribution in [1.29, 1.82) is 0 Å². The van der Waals surface area contributed by atoms with E-state index in [-0.39, 0.29) is 11.9 Å². The van der Waals surface area contributed by atoms with Crippen LogP contribution in [0.2, 0.25) is 0 Å². The van der Waals surface area contributed by atoms with Gasteiger partial charge in [-0.15, -0.1) is 0 Å². The zero-order chi connectivity index (χ0) is 27.8. The second-order valence-electron chi connectivity index (χ2n) is 11.4. The lowest BCUT2D eigenvalue weighted by atomic mass is 9.96. The van der Waals surface area contributed by atoms with Crippen LogP contribution in [0.3, 0.4) is 0 Å². The van der Waals surface area contributed by atoms with Gasteiger partial charge < -0.3 is 14.9 Å². The van der Waals surface area contributed by atoms with Crippen LogP contribution in [0.1, 0.15) is 72.6 Å². The van der Waals surface area contributed by atoms with Crippen molar-refractivity contribution in [2.45, 2.75) is 65.1 Å². The maximum Gasteiger partial charge on any atom is 0.254 e. The van der Waals surface area contributed by atoms with Crippen molar-refractivity contribution in [3.8, 4) is 11.8 Å². The fourth-order valence-electron chi connectivity index (χ4n) is 5.10. The van der Waals surface area contributed by atoms with Crippen molar-refractivity contribution in [1.82, 2.24) is 9.80 Å². The van der Waals surface area contributed by atoms with Crippen molar-refractivity contribution in [2.24, 2.45) is 5.92 Å². The van der Waals surface area contributed by atoms with Crippen molar-refractivity contribution in [2.75, 3.05) is 19.6 Å². The lowest BCUT2D eigenvalue weighted by Gasteiger charge is -2.39. The van der Waals surface area contributed by atoms with Crippen LogP contribution in [0.15, 0.2) is 78.9 Å². The Morgan fingerprint density at radius 1 is 1.03 bits per heavy atom. The van der Waals surface area contributed by atoms with Gasteiger partial charge >= 0.3 is 0 Å². The quantitative estimate of drug-likeness (QED) is 0.348. The third kappa shape index (κ3) is 8.05. The highest BCUT2D eigenvalue weighted by atomic mass is 16.3. The van der Waals surface area contributed by atoms with E-state index < -0.39 is 5.60 Å². The molecule has 1 fully saturated rings. The van der Waals surface area contributed by atoms with Crippen molar-refractivity contribution in [3.63, 3.8) is 0 Å². The summed E-state index contributed by atoms with van der Waals surface area (Å²) in [6.45, 7) is 12.0. The largest absolute Gasteiger partial charge is 0.374 e. The monoisotopic (exact) mass is 522 g/mol. The summed E-state index contributed by atoms with van der Waals surface area (Å²) in [7, 11) is 0. The summed E-state index contributed by atoms with van der Waals surface area (Å²) in [4.78, 5) is 18.4. The van der Waals surface area contributed by atoms with Crippen molar-refractivity contribution in [3.05, 3.63) is 107 Å². The number of piperidine rings is 1. The first kappa shape index (κ1) is 28.6. The van der Waals surface area contributed by atoms with Crippen LogP contribution in [0, 0.1) is 24.7 Å². The van der Waals surface area contributed by atoms with Crippen LogP contribution in [0.25, 0.3) is 0 Å². The number of aliphatic hydroxyl groups is 1. The van der Waals surface area contributed by atoms with Gasteiger partial charge in [-0.2, -0.15) is 0 Å². The van der Waals surface area contributed by atoms with E-state index in [2.05, 4.69) is 41.6 Å². The zero-order valence-corrected chi connectivity index (χ0v) is 23.9. The van der Waals surface area contributed by atoms with E-state index in [0.29, 0.717) is 12.5 Å². The summed E-state index contributed by atoms with van der Waals surface area (Å²) in [5, 5.41) is 10.9. The minimum Gasteiger partial charge on any atom is -0.374 e. The van der Waals surface area contributed by atoms with E-state index in [9.17, 15) is 9.90 Å². The standard InChI is InChI=1S/C35H42N2O2/c1-27(2)18-22-36-23-19-33(20-24-36)37(34(38)31-15-13-28(3)14-16-31)26-30-10-8-9-29(25-30)17-21-35(4,39)32-11-6-5-7-12-32/h5-16,25,27,33,39H,18-20,22-24,26H2,1-4H3. The van der Waals surface area contributed by atoms with Gasteiger partial charge in [-0.3, -0.25) is 4.79 Å². The molecule has 3 aromatic carbocycles. The summed E-state index contributed by atoms with van der Waals surface area (Å²) in [6, 6.07) is 25.6. The van der Waals surface area contributed by atoms with Crippen LogP contribution in [-0.4, -0.2) is 46.5 Å². The summed E-state index contributed by atoms with van der Waals surface area (Å²) >= 11 is 0. The number of hydrogen-bond donors (Lipinski definition) is 1. The Hall–Kier alpha value is -3.39. The number of benzene rings is 3. The van der Waals surface area contributed by atoms with E-state index in [1.807, 2.05) is 79.7 Å². The Bertz CT molecular complexity index is 1280. The van der Waals surface area contributed by atoms with E-state index in [0.717, 1.165) is 60.3 Å². The molecule has 4 rings (SSSR count). The number of hydrogen-bond acceptors (Lipinski definition) is 3. The molecule has 3 aromatic rings. The van der Waals surface area contributed by atoms with E-state index in [1.165, 1.54) is 6.42 Å². The second-order valence-corrected chi connectivity index (χ2v) is 11.4. The van der Waals surface area contributed by atoms with Crippen LogP contribution < -0.4 is 0 Å². The zero-order valence-electron chi connectivity index (χ0n) is 23.9. The maximum atomic E-state index is 13.8.